The van der Waals surface area contributed by atoms with E-state index < -0.39 is 10.0 Å². The molecule has 3 aromatic rings. The zero-order valence-corrected chi connectivity index (χ0v) is 14.9. The molecule has 0 aliphatic carbocycles. The molecule has 1 atom stereocenters. The number of nitrogens with two attached hydrogens (primary N) is 1. The summed E-state index contributed by atoms with van der Waals surface area (Å²) in [6.45, 7) is 1.84. The van der Waals surface area contributed by atoms with E-state index in [0.29, 0.717) is 11.3 Å². The van der Waals surface area contributed by atoms with E-state index >= 15 is 0 Å². The van der Waals surface area contributed by atoms with Crippen LogP contribution in [0.2, 0.25) is 0 Å². The second-order valence-corrected chi connectivity index (χ2v) is 7.43. The number of carbonyl (C=O) groups is 1. The maximum absolute atomic E-state index is 12.1. The molecule has 2 aromatic carbocycles. The first-order valence-corrected chi connectivity index (χ1v) is 9.47. The van der Waals surface area contributed by atoms with Gasteiger partial charge in [-0.2, -0.15) is 0 Å². The third kappa shape index (κ3) is 4.19. The van der Waals surface area contributed by atoms with Crippen LogP contribution in [-0.4, -0.2) is 14.3 Å². The molecule has 3 N–H and O–H groups in total. The predicted octanol–water partition coefficient (Wildman–Crippen LogP) is 2.97. The molecule has 0 saturated heterocycles. The quantitative estimate of drug-likeness (QED) is 0.674. The molecule has 26 heavy (non-hydrogen) atoms. The van der Waals surface area contributed by atoms with Crippen LogP contribution in [0.3, 0.4) is 0 Å². The van der Waals surface area contributed by atoms with Gasteiger partial charge < -0.3 is 9.73 Å². The van der Waals surface area contributed by atoms with Crippen molar-refractivity contribution in [2.24, 2.45) is 5.14 Å². The standard InChI is InChI=1S/C19H18N2O4S/c1-13(18-12-15-4-2-3-5-17(15)25-18)21-19(22)11-8-14-6-9-16(10-7-14)26(20,23)24/h2-13H,1H3,(H,21,22)(H2,20,23,24)/b11-8+/t13-/m1/s1. The second-order valence-electron chi connectivity index (χ2n) is 5.86. The minimum absolute atomic E-state index is 0.0256. The topological polar surface area (TPSA) is 102 Å². The molecule has 1 heterocycles. The lowest BCUT2D eigenvalue weighted by molar-refractivity contribution is -0.117. The van der Waals surface area contributed by atoms with Gasteiger partial charge in [0.2, 0.25) is 15.9 Å². The first-order chi connectivity index (χ1) is 12.3. The number of primary sulfonamides is 1. The van der Waals surface area contributed by atoms with E-state index in [1.165, 1.54) is 18.2 Å². The van der Waals surface area contributed by atoms with Crippen LogP contribution >= 0.6 is 0 Å². The summed E-state index contributed by atoms with van der Waals surface area (Å²) in [5.74, 6) is 0.388. The van der Waals surface area contributed by atoms with Crippen LogP contribution in [0.4, 0.5) is 0 Å². The Morgan fingerprint density at radius 3 is 2.50 bits per heavy atom. The number of benzene rings is 2. The zero-order valence-electron chi connectivity index (χ0n) is 14.0. The molecule has 0 aliphatic rings. The average Bonchev–Trinajstić information content (AvgIpc) is 3.04. The second kappa shape index (κ2) is 7.15. The lowest BCUT2D eigenvalue weighted by Gasteiger charge is -2.09. The van der Waals surface area contributed by atoms with Crippen molar-refractivity contribution in [1.82, 2.24) is 5.32 Å². The zero-order chi connectivity index (χ0) is 18.7. The lowest BCUT2D eigenvalue weighted by Crippen LogP contribution is -2.24. The average molecular weight is 370 g/mol. The number of hydrogen-bond donors (Lipinski definition) is 2. The maximum atomic E-state index is 12.1. The lowest BCUT2D eigenvalue weighted by atomic mass is 10.2. The molecular weight excluding hydrogens is 352 g/mol. The maximum Gasteiger partial charge on any atom is 0.244 e. The fraction of sp³-hybridized carbons (Fsp3) is 0.105. The third-order valence-electron chi connectivity index (χ3n) is 3.87. The number of nitrogens with one attached hydrogen (secondary N) is 1. The molecule has 0 radical (unpaired) electrons. The van der Waals surface area contributed by atoms with Gasteiger partial charge in [-0.1, -0.05) is 30.3 Å². The van der Waals surface area contributed by atoms with Crippen molar-refractivity contribution in [1.29, 1.82) is 0 Å². The van der Waals surface area contributed by atoms with E-state index in [4.69, 9.17) is 9.56 Å². The number of carbonyl (C=O) groups excluding carboxylic acids is 1. The van der Waals surface area contributed by atoms with Gasteiger partial charge in [0.05, 0.1) is 10.9 Å². The molecule has 0 unspecified atom stereocenters. The van der Waals surface area contributed by atoms with Crippen LogP contribution in [0, 0.1) is 0 Å². The van der Waals surface area contributed by atoms with Crippen molar-refractivity contribution in [3.63, 3.8) is 0 Å². The van der Waals surface area contributed by atoms with Crippen molar-refractivity contribution in [2.75, 3.05) is 0 Å². The first-order valence-electron chi connectivity index (χ1n) is 7.93. The van der Waals surface area contributed by atoms with Crippen molar-refractivity contribution in [3.05, 3.63) is 72.0 Å². The predicted molar refractivity (Wildman–Crippen MR) is 99.6 cm³/mol. The summed E-state index contributed by atoms with van der Waals surface area (Å²) in [5.41, 5.74) is 1.46. The molecule has 0 saturated carbocycles. The van der Waals surface area contributed by atoms with Crippen molar-refractivity contribution < 1.29 is 17.6 Å². The summed E-state index contributed by atoms with van der Waals surface area (Å²) in [6, 6.07) is 15.2. The van der Waals surface area contributed by atoms with E-state index in [-0.39, 0.29) is 16.8 Å². The summed E-state index contributed by atoms with van der Waals surface area (Å²) in [7, 11) is -3.72. The monoisotopic (exact) mass is 370 g/mol. The molecule has 1 aromatic heterocycles. The highest BCUT2D eigenvalue weighted by Gasteiger charge is 2.13. The van der Waals surface area contributed by atoms with Crippen LogP contribution in [0.15, 0.2) is 70.0 Å². The van der Waals surface area contributed by atoms with Crippen LogP contribution in [-0.2, 0) is 14.8 Å². The third-order valence-corrected chi connectivity index (χ3v) is 4.80. The van der Waals surface area contributed by atoms with Crippen molar-refractivity contribution in [2.45, 2.75) is 17.9 Å². The van der Waals surface area contributed by atoms with Gasteiger partial charge in [0.15, 0.2) is 0 Å². The van der Waals surface area contributed by atoms with Crippen LogP contribution in [0.5, 0.6) is 0 Å². The van der Waals surface area contributed by atoms with Gasteiger partial charge in [-0.15, -0.1) is 0 Å². The van der Waals surface area contributed by atoms with Crippen molar-refractivity contribution in [3.8, 4) is 0 Å². The van der Waals surface area contributed by atoms with Crippen LogP contribution in [0.1, 0.15) is 24.3 Å². The van der Waals surface area contributed by atoms with Crippen LogP contribution < -0.4 is 10.5 Å². The summed E-state index contributed by atoms with van der Waals surface area (Å²) < 4.78 is 28.2. The van der Waals surface area contributed by atoms with E-state index in [0.717, 1.165) is 11.0 Å². The van der Waals surface area contributed by atoms with Gasteiger partial charge in [0.25, 0.3) is 0 Å². The normalized spacial score (nSPS) is 13.2. The Bertz CT molecular complexity index is 1030. The SMILES string of the molecule is C[C@@H](NC(=O)/C=C/c1ccc(S(N)(=O)=O)cc1)c1cc2ccccc2o1. The number of hydrogen-bond acceptors (Lipinski definition) is 4. The van der Waals surface area contributed by atoms with E-state index in [2.05, 4.69) is 5.32 Å². The van der Waals surface area contributed by atoms with E-state index in [1.807, 2.05) is 37.3 Å². The number of rotatable bonds is 5. The number of fused-ring (bicyclic) bond motifs is 1. The molecular formula is C19H18N2O4S. The highest BCUT2D eigenvalue weighted by Crippen LogP contribution is 2.23. The summed E-state index contributed by atoms with van der Waals surface area (Å²) in [6.07, 6.45) is 2.97. The van der Waals surface area contributed by atoms with Gasteiger partial charge in [-0.25, -0.2) is 13.6 Å². The number of furan rings is 1. The molecule has 0 aliphatic heterocycles. The summed E-state index contributed by atoms with van der Waals surface area (Å²) in [4.78, 5) is 12.1. The van der Waals surface area contributed by atoms with E-state index in [9.17, 15) is 13.2 Å². The van der Waals surface area contributed by atoms with Gasteiger partial charge in [-0.3, -0.25) is 4.79 Å². The molecule has 3 rings (SSSR count). The number of para-hydroxylation sites is 1. The first kappa shape index (κ1) is 17.9. The Morgan fingerprint density at radius 2 is 1.85 bits per heavy atom. The molecule has 0 bridgehead atoms. The highest BCUT2D eigenvalue weighted by atomic mass is 32.2. The Hall–Kier alpha value is -2.90. The fourth-order valence-electron chi connectivity index (χ4n) is 2.49. The summed E-state index contributed by atoms with van der Waals surface area (Å²) in [5, 5.41) is 8.86. The Balaban J connectivity index is 1.65. The van der Waals surface area contributed by atoms with Gasteiger partial charge >= 0.3 is 0 Å². The molecule has 7 heteroatoms. The molecule has 134 valence electrons. The summed E-state index contributed by atoms with van der Waals surface area (Å²) >= 11 is 0. The fourth-order valence-corrected chi connectivity index (χ4v) is 3.00. The Labute approximate surface area is 151 Å². The van der Waals surface area contributed by atoms with Gasteiger partial charge in [0.1, 0.15) is 11.3 Å². The van der Waals surface area contributed by atoms with Gasteiger partial charge in [0, 0.05) is 11.5 Å². The number of sulfonamides is 1. The van der Waals surface area contributed by atoms with Crippen molar-refractivity contribution >= 4 is 33.0 Å². The molecule has 6 nitrogen and oxygen atoms in total. The van der Waals surface area contributed by atoms with Crippen LogP contribution in [0.25, 0.3) is 17.0 Å². The highest BCUT2D eigenvalue weighted by molar-refractivity contribution is 7.89. The molecule has 0 fully saturated rings. The van der Waals surface area contributed by atoms with Gasteiger partial charge in [-0.05, 0) is 42.8 Å². The molecule has 1 amide bonds. The molecule has 0 spiro atoms. The Morgan fingerprint density at radius 1 is 1.15 bits per heavy atom. The minimum Gasteiger partial charge on any atom is -0.459 e. The minimum atomic E-state index is -3.72. The largest absolute Gasteiger partial charge is 0.459 e. The van der Waals surface area contributed by atoms with E-state index in [1.54, 1.807) is 18.2 Å². The Kier molecular flexibility index (Phi) is 4.92. The number of amides is 1. The smallest absolute Gasteiger partial charge is 0.244 e.